The van der Waals surface area contributed by atoms with Crippen LogP contribution in [-0.4, -0.2) is 18.0 Å². The molecular weight excluding hydrogens is 128 g/mol. The van der Waals surface area contributed by atoms with E-state index in [1.54, 1.807) is 6.92 Å². The van der Waals surface area contributed by atoms with Crippen molar-refractivity contribution in [1.82, 2.24) is 0 Å². The molecule has 0 aliphatic carbocycles. The van der Waals surface area contributed by atoms with Gasteiger partial charge in [-0.05, 0) is 18.8 Å². The highest BCUT2D eigenvalue weighted by Gasteiger charge is 2.15. The first-order valence-electron chi connectivity index (χ1n) is 3.77. The van der Waals surface area contributed by atoms with Gasteiger partial charge in [0.05, 0.1) is 6.61 Å². The van der Waals surface area contributed by atoms with Crippen LogP contribution in [0.5, 0.6) is 0 Å². The second-order valence-electron chi connectivity index (χ2n) is 3.43. The Morgan fingerprint density at radius 2 is 2.00 bits per heavy atom. The Bertz CT molecular complexity index is 87.3. The van der Waals surface area contributed by atoms with Crippen molar-refractivity contribution >= 4 is 0 Å². The second-order valence-corrected chi connectivity index (χ2v) is 3.43. The van der Waals surface area contributed by atoms with Crippen molar-refractivity contribution in [1.29, 1.82) is 0 Å². The quantitative estimate of drug-likeness (QED) is 0.612. The van der Waals surface area contributed by atoms with E-state index < -0.39 is 6.29 Å². The first kappa shape index (κ1) is 9.92. The smallest absolute Gasteiger partial charge is 0.151 e. The maximum atomic E-state index is 8.79. The molecule has 0 saturated heterocycles. The minimum Gasteiger partial charge on any atom is -0.368 e. The number of rotatable bonds is 4. The predicted molar refractivity (Wildman–Crippen MR) is 41.7 cm³/mol. The van der Waals surface area contributed by atoms with Crippen molar-refractivity contribution in [2.75, 3.05) is 6.61 Å². The van der Waals surface area contributed by atoms with Gasteiger partial charge in [0.25, 0.3) is 0 Å². The van der Waals surface area contributed by atoms with Crippen molar-refractivity contribution in [3.8, 4) is 0 Å². The zero-order chi connectivity index (χ0) is 8.20. The largest absolute Gasteiger partial charge is 0.368 e. The van der Waals surface area contributed by atoms with E-state index in [4.69, 9.17) is 9.84 Å². The van der Waals surface area contributed by atoms with E-state index >= 15 is 0 Å². The Balaban J connectivity index is 3.46. The fourth-order valence-corrected chi connectivity index (χ4v) is 0.448. The first-order valence-corrected chi connectivity index (χ1v) is 3.77. The van der Waals surface area contributed by atoms with Gasteiger partial charge >= 0.3 is 0 Å². The standard InChI is InChI=1S/C8H18O2/c1-5-8(3,4)6-10-7(2)9/h7,9H,5-6H2,1-4H3. The van der Waals surface area contributed by atoms with Crippen LogP contribution in [0.4, 0.5) is 0 Å². The van der Waals surface area contributed by atoms with Gasteiger partial charge in [-0.3, -0.25) is 0 Å². The van der Waals surface area contributed by atoms with Crippen LogP contribution >= 0.6 is 0 Å². The summed E-state index contributed by atoms with van der Waals surface area (Å²) in [6, 6.07) is 0. The number of hydrogen-bond acceptors (Lipinski definition) is 2. The van der Waals surface area contributed by atoms with Gasteiger partial charge in [-0.25, -0.2) is 0 Å². The Labute approximate surface area is 63.2 Å². The first-order chi connectivity index (χ1) is 4.48. The molecule has 0 spiro atoms. The topological polar surface area (TPSA) is 29.5 Å². The Morgan fingerprint density at radius 3 is 2.30 bits per heavy atom. The van der Waals surface area contributed by atoms with Gasteiger partial charge in [0.1, 0.15) is 0 Å². The summed E-state index contributed by atoms with van der Waals surface area (Å²) in [5, 5.41) is 8.79. The van der Waals surface area contributed by atoms with Crippen LogP contribution in [0.1, 0.15) is 34.1 Å². The van der Waals surface area contributed by atoms with E-state index in [-0.39, 0.29) is 5.41 Å². The van der Waals surface area contributed by atoms with Gasteiger partial charge in [-0.15, -0.1) is 0 Å². The highest BCUT2D eigenvalue weighted by atomic mass is 16.6. The zero-order valence-corrected chi connectivity index (χ0v) is 7.35. The maximum absolute atomic E-state index is 8.79. The van der Waals surface area contributed by atoms with Crippen LogP contribution in [0, 0.1) is 5.41 Å². The van der Waals surface area contributed by atoms with E-state index in [0.717, 1.165) is 6.42 Å². The normalized spacial score (nSPS) is 15.3. The van der Waals surface area contributed by atoms with E-state index in [1.165, 1.54) is 0 Å². The van der Waals surface area contributed by atoms with E-state index in [0.29, 0.717) is 6.61 Å². The lowest BCUT2D eigenvalue weighted by Gasteiger charge is -2.22. The Hall–Kier alpha value is -0.0800. The number of aliphatic hydroxyl groups excluding tert-OH is 1. The molecule has 0 radical (unpaired) electrons. The highest BCUT2D eigenvalue weighted by Crippen LogP contribution is 2.19. The third-order valence-electron chi connectivity index (χ3n) is 1.67. The maximum Gasteiger partial charge on any atom is 0.151 e. The van der Waals surface area contributed by atoms with Crippen molar-refractivity contribution in [2.24, 2.45) is 5.41 Å². The summed E-state index contributed by atoms with van der Waals surface area (Å²) in [6.45, 7) is 8.61. The van der Waals surface area contributed by atoms with Gasteiger partial charge in [0.2, 0.25) is 0 Å². The molecule has 1 N–H and O–H groups in total. The van der Waals surface area contributed by atoms with Gasteiger partial charge in [0, 0.05) is 0 Å². The highest BCUT2D eigenvalue weighted by molar-refractivity contribution is 4.64. The van der Waals surface area contributed by atoms with Crippen molar-refractivity contribution in [3.05, 3.63) is 0 Å². The van der Waals surface area contributed by atoms with Crippen LogP contribution in [-0.2, 0) is 4.74 Å². The molecule has 0 rings (SSSR count). The predicted octanol–water partition coefficient (Wildman–Crippen LogP) is 1.78. The molecule has 0 aromatic heterocycles. The van der Waals surface area contributed by atoms with Crippen LogP contribution in [0.2, 0.25) is 0 Å². The summed E-state index contributed by atoms with van der Waals surface area (Å²) < 4.78 is 5.05. The molecule has 0 aliphatic rings. The minimum absolute atomic E-state index is 0.191. The molecular formula is C8H18O2. The third-order valence-corrected chi connectivity index (χ3v) is 1.67. The molecule has 10 heavy (non-hydrogen) atoms. The molecule has 2 heteroatoms. The molecule has 0 aromatic rings. The van der Waals surface area contributed by atoms with Gasteiger partial charge in [-0.2, -0.15) is 0 Å². The van der Waals surface area contributed by atoms with E-state index in [9.17, 15) is 0 Å². The summed E-state index contributed by atoms with van der Waals surface area (Å²) in [5.74, 6) is 0. The summed E-state index contributed by atoms with van der Waals surface area (Å²) in [6.07, 6.45) is 0.436. The summed E-state index contributed by atoms with van der Waals surface area (Å²) in [5.41, 5.74) is 0.191. The summed E-state index contributed by atoms with van der Waals surface area (Å²) in [7, 11) is 0. The molecule has 0 bridgehead atoms. The lowest BCUT2D eigenvalue weighted by Crippen LogP contribution is -2.21. The number of hydrogen-bond donors (Lipinski definition) is 1. The summed E-state index contributed by atoms with van der Waals surface area (Å²) in [4.78, 5) is 0. The fourth-order valence-electron chi connectivity index (χ4n) is 0.448. The molecule has 0 fully saturated rings. The minimum atomic E-state index is -0.633. The molecule has 0 aliphatic heterocycles. The fraction of sp³-hybridized carbons (Fsp3) is 1.00. The lowest BCUT2D eigenvalue weighted by molar-refractivity contribution is -0.109. The Kier molecular flexibility index (Phi) is 3.91. The van der Waals surface area contributed by atoms with Crippen LogP contribution in [0.3, 0.4) is 0 Å². The van der Waals surface area contributed by atoms with Crippen LogP contribution < -0.4 is 0 Å². The average Bonchev–Trinajstić information content (AvgIpc) is 1.85. The van der Waals surface area contributed by atoms with Crippen molar-refractivity contribution in [3.63, 3.8) is 0 Å². The van der Waals surface area contributed by atoms with Gasteiger partial charge in [0.15, 0.2) is 6.29 Å². The van der Waals surface area contributed by atoms with E-state index in [2.05, 4.69) is 20.8 Å². The molecule has 62 valence electrons. The third kappa shape index (κ3) is 4.77. The molecule has 0 saturated carbocycles. The average molecular weight is 146 g/mol. The number of aliphatic hydroxyl groups is 1. The number of ether oxygens (including phenoxy) is 1. The van der Waals surface area contributed by atoms with Crippen LogP contribution in [0.15, 0.2) is 0 Å². The molecule has 0 aromatic carbocycles. The molecule has 1 atom stereocenters. The van der Waals surface area contributed by atoms with Gasteiger partial charge in [-0.1, -0.05) is 20.8 Å². The molecule has 0 amide bonds. The van der Waals surface area contributed by atoms with Crippen molar-refractivity contribution in [2.45, 2.75) is 40.4 Å². The Morgan fingerprint density at radius 1 is 1.50 bits per heavy atom. The monoisotopic (exact) mass is 146 g/mol. The molecule has 2 nitrogen and oxygen atoms in total. The lowest BCUT2D eigenvalue weighted by atomic mass is 9.92. The van der Waals surface area contributed by atoms with E-state index in [1.807, 2.05) is 0 Å². The second kappa shape index (κ2) is 3.94. The zero-order valence-electron chi connectivity index (χ0n) is 7.35. The molecule has 0 heterocycles. The summed E-state index contributed by atoms with van der Waals surface area (Å²) >= 11 is 0. The molecule has 1 unspecified atom stereocenters. The van der Waals surface area contributed by atoms with Crippen molar-refractivity contribution < 1.29 is 9.84 Å². The SMILES string of the molecule is CCC(C)(C)COC(C)O. The van der Waals surface area contributed by atoms with Gasteiger partial charge < -0.3 is 9.84 Å². The van der Waals surface area contributed by atoms with Crippen LogP contribution in [0.25, 0.3) is 0 Å².